The van der Waals surface area contributed by atoms with E-state index in [0.717, 1.165) is 10.5 Å². The topological polar surface area (TPSA) is 96.5 Å². The van der Waals surface area contributed by atoms with E-state index in [1.807, 2.05) is 30.3 Å². The van der Waals surface area contributed by atoms with Gasteiger partial charge in [-0.2, -0.15) is 0 Å². The van der Waals surface area contributed by atoms with Crippen molar-refractivity contribution >= 4 is 58.5 Å². The molecule has 236 valence electrons. The standard InChI is InChI=1S/C37H29ClFN3O4S/c1-46-33-21-16-27(38)23-31(33)41-37(45)34(24-10-4-2-5-11-24)47-29-19-17-28(18-20-29)40-36(44)32(22-26-14-8-9-15-30(26)39)42-35(43)25-12-6-3-7-13-25/h2-23,34H,1H3,(H,40,44)(H,41,45)(H,42,43)/b32-22-. The zero-order valence-electron chi connectivity index (χ0n) is 25.1. The van der Waals surface area contributed by atoms with Crippen molar-refractivity contribution in [3.8, 4) is 5.75 Å². The molecule has 0 aliphatic heterocycles. The van der Waals surface area contributed by atoms with Gasteiger partial charge in [0.05, 0.1) is 12.8 Å². The molecule has 0 aliphatic rings. The zero-order valence-corrected chi connectivity index (χ0v) is 26.6. The van der Waals surface area contributed by atoms with Crippen LogP contribution >= 0.6 is 23.4 Å². The molecule has 0 spiro atoms. The first-order chi connectivity index (χ1) is 22.8. The van der Waals surface area contributed by atoms with Crippen LogP contribution in [0.1, 0.15) is 26.7 Å². The summed E-state index contributed by atoms with van der Waals surface area (Å²) in [5.74, 6) is -1.51. The van der Waals surface area contributed by atoms with Gasteiger partial charge in [0.2, 0.25) is 5.91 Å². The van der Waals surface area contributed by atoms with Crippen LogP contribution in [0.2, 0.25) is 5.02 Å². The molecule has 3 N–H and O–H groups in total. The highest BCUT2D eigenvalue weighted by Crippen LogP contribution is 2.38. The number of halogens is 2. The van der Waals surface area contributed by atoms with Crippen molar-refractivity contribution in [2.45, 2.75) is 10.1 Å². The van der Waals surface area contributed by atoms with Gasteiger partial charge in [0.15, 0.2) is 0 Å². The number of methoxy groups -OCH3 is 1. The summed E-state index contributed by atoms with van der Waals surface area (Å²) < 4.78 is 19.9. The fourth-order valence-corrected chi connectivity index (χ4v) is 5.72. The van der Waals surface area contributed by atoms with Gasteiger partial charge >= 0.3 is 0 Å². The van der Waals surface area contributed by atoms with Crippen LogP contribution in [0.25, 0.3) is 6.08 Å². The number of carbonyl (C=O) groups excluding carboxylic acids is 3. The third-order valence-electron chi connectivity index (χ3n) is 6.86. The molecule has 1 unspecified atom stereocenters. The lowest BCUT2D eigenvalue weighted by molar-refractivity contribution is -0.116. The minimum absolute atomic E-state index is 0.137. The van der Waals surface area contributed by atoms with Gasteiger partial charge in [-0.25, -0.2) is 4.39 Å². The molecule has 0 saturated carbocycles. The monoisotopic (exact) mass is 665 g/mol. The van der Waals surface area contributed by atoms with Gasteiger partial charge in [-0.1, -0.05) is 78.3 Å². The molecular formula is C37H29ClFN3O4S. The lowest BCUT2D eigenvalue weighted by Gasteiger charge is -2.19. The van der Waals surface area contributed by atoms with Gasteiger partial charge in [0, 0.05) is 26.7 Å². The summed E-state index contributed by atoms with van der Waals surface area (Å²) in [6.45, 7) is 0. The molecule has 3 amide bonds. The highest BCUT2D eigenvalue weighted by atomic mass is 35.5. The normalized spacial score (nSPS) is 11.7. The number of carbonyl (C=O) groups is 3. The van der Waals surface area contributed by atoms with Gasteiger partial charge in [-0.15, -0.1) is 11.8 Å². The second-order valence-electron chi connectivity index (χ2n) is 10.1. The Morgan fingerprint density at radius 2 is 1.47 bits per heavy atom. The Hall–Kier alpha value is -5.38. The lowest BCUT2D eigenvalue weighted by Crippen LogP contribution is -2.30. The predicted molar refractivity (Wildman–Crippen MR) is 185 cm³/mol. The van der Waals surface area contributed by atoms with E-state index in [-0.39, 0.29) is 17.2 Å². The Labute approximate surface area is 280 Å². The summed E-state index contributed by atoms with van der Waals surface area (Å²) in [7, 11) is 1.51. The summed E-state index contributed by atoms with van der Waals surface area (Å²) >= 11 is 7.49. The Kier molecular flexibility index (Phi) is 11.1. The summed E-state index contributed by atoms with van der Waals surface area (Å²) in [6, 6.07) is 35.6. The zero-order chi connectivity index (χ0) is 33.2. The van der Waals surface area contributed by atoms with E-state index >= 15 is 0 Å². The molecular weight excluding hydrogens is 637 g/mol. The summed E-state index contributed by atoms with van der Waals surface area (Å²) in [5.41, 5.74) is 2.00. The van der Waals surface area contributed by atoms with Gasteiger partial charge in [0.25, 0.3) is 11.8 Å². The highest BCUT2D eigenvalue weighted by molar-refractivity contribution is 8.00. The van der Waals surface area contributed by atoms with E-state index in [0.29, 0.717) is 27.7 Å². The number of rotatable bonds is 11. The molecule has 0 aliphatic carbocycles. The Bertz CT molecular complexity index is 1900. The molecule has 0 heterocycles. The summed E-state index contributed by atoms with van der Waals surface area (Å²) in [6.07, 6.45) is 1.29. The van der Waals surface area contributed by atoms with Crippen LogP contribution in [0.15, 0.2) is 138 Å². The lowest BCUT2D eigenvalue weighted by atomic mass is 10.1. The quantitative estimate of drug-likeness (QED) is 0.0973. The number of amides is 3. The van der Waals surface area contributed by atoms with Crippen LogP contribution in [-0.4, -0.2) is 24.8 Å². The first-order valence-corrected chi connectivity index (χ1v) is 15.7. The van der Waals surface area contributed by atoms with Crippen molar-refractivity contribution in [3.63, 3.8) is 0 Å². The molecule has 5 rings (SSSR count). The molecule has 0 fully saturated rings. The molecule has 10 heteroatoms. The second-order valence-corrected chi connectivity index (χ2v) is 11.7. The second kappa shape index (κ2) is 15.8. The molecule has 47 heavy (non-hydrogen) atoms. The largest absolute Gasteiger partial charge is 0.495 e. The third-order valence-corrected chi connectivity index (χ3v) is 8.36. The summed E-state index contributed by atoms with van der Waals surface area (Å²) in [4.78, 5) is 40.6. The molecule has 0 aromatic heterocycles. The molecule has 5 aromatic rings. The third kappa shape index (κ3) is 8.88. The predicted octanol–water partition coefficient (Wildman–Crippen LogP) is 8.37. The van der Waals surface area contributed by atoms with Crippen molar-refractivity contribution in [3.05, 3.63) is 161 Å². The number of thioether (sulfide) groups is 1. The maximum atomic E-state index is 14.5. The van der Waals surface area contributed by atoms with E-state index in [2.05, 4.69) is 16.0 Å². The number of benzene rings is 5. The SMILES string of the molecule is COc1ccc(Cl)cc1NC(=O)C(Sc1ccc(NC(=O)/C(=C/c2ccccc2F)NC(=O)c2ccccc2)cc1)c1ccccc1. The number of anilines is 2. The van der Waals surface area contributed by atoms with E-state index in [9.17, 15) is 18.8 Å². The van der Waals surface area contributed by atoms with Crippen LogP contribution in [0, 0.1) is 5.82 Å². The van der Waals surface area contributed by atoms with Crippen molar-refractivity contribution in [1.82, 2.24) is 5.32 Å². The first-order valence-electron chi connectivity index (χ1n) is 14.4. The Morgan fingerprint density at radius 3 is 2.15 bits per heavy atom. The number of hydrogen-bond acceptors (Lipinski definition) is 5. The average molecular weight is 666 g/mol. The van der Waals surface area contributed by atoms with Gasteiger partial charge in [0.1, 0.15) is 22.5 Å². The van der Waals surface area contributed by atoms with E-state index in [4.69, 9.17) is 16.3 Å². The van der Waals surface area contributed by atoms with Crippen LogP contribution in [-0.2, 0) is 9.59 Å². The van der Waals surface area contributed by atoms with Gasteiger partial charge in [-0.3, -0.25) is 14.4 Å². The molecule has 0 saturated heterocycles. The van der Waals surface area contributed by atoms with E-state index < -0.39 is 22.9 Å². The molecule has 1 atom stereocenters. The van der Waals surface area contributed by atoms with Crippen molar-refractivity contribution < 1.29 is 23.5 Å². The molecule has 0 radical (unpaired) electrons. The molecule has 7 nitrogen and oxygen atoms in total. The number of ether oxygens (including phenoxy) is 1. The van der Waals surface area contributed by atoms with E-state index in [1.165, 1.54) is 43.1 Å². The smallest absolute Gasteiger partial charge is 0.272 e. The maximum absolute atomic E-state index is 14.5. The Morgan fingerprint density at radius 1 is 0.809 bits per heavy atom. The molecule has 5 aromatic carbocycles. The van der Waals surface area contributed by atoms with Gasteiger partial charge < -0.3 is 20.7 Å². The van der Waals surface area contributed by atoms with Crippen LogP contribution < -0.4 is 20.7 Å². The number of hydrogen-bond donors (Lipinski definition) is 3. The molecule has 0 bridgehead atoms. The van der Waals surface area contributed by atoms with Crippen LogP contribution in [0.4, 0.5) is 15.8 Å². The minimum atomic E-state index is -0.644. The van der Waals surface area contributed by atoms with Crippen LogP contribution in [0.3, 0.4) is 0 Å². The van der Waals surface area contributed by atoms with Crippen LogP contribution in [0.5, 0.6) is 5.75 Å². The van der Waals surface area contributed by atoms with Gasteiger partial charge in [-0.05, 0) is 72.3 Å². The highest BCUT2D eigenvalue weighted by Gasteiger charge is 2.24. The average Bonchev–Trinajstić information content (AvgIpc) is 3.09. The first kappa shape index (κ1) is 33.0. The number of nitrogens with one attached hydrogen (secondary N) is 3. The fourth-order valence-electron chi connectivity index (χ4n) is 4.52. The van der Waals surface area contributed by atoms with Crippen molar-refractivity contribution in [2.75, 3.05) is 17.7 Å². The summed E-state index contributed by atoms with van der Waals surface area (Å²) in [5, 5.41) is 8.12. The van der Waals surface area contributed by atoms with Crippen molar-refractivity contribution in [1.29, 1.82) is 0 Å². The Balaban J connectivity index is 1.34. The van der Waals surface area contributed by atoms with Crippen molar-refractivity contribution in [2.24, 2.45) is 0 Å². The van der Waals surface area contributed by atoms with E-state index in [1.54, 1.807) is 78.9 Å². The minimum Gasteiger partial charge on any atom is -0.495 e. The maximum Gasteiger partial charge on any atom is 0.272 e. The fraction of sp³-hybridized carbons (Fsp3) is 0.0541.